The minimum absolute atomic E-state index is 0.435. The Bertz CT molecular complexity index is 219. The number of rotatable bonds is 9. The zero-order valence-corrected chi connectivity index (χ0v) is 9.37. The summed E-state index contributed by atoms with van der Waals surface area (Å²) in [5, 5.41) is 8.59. The van der Waals surface area contributed by atoms with E-state index in [1.165, 1.54) is 6.26 Å². The van der Waals surface area contributed by atoms with Crippen molar-refractivity contribution in [1.29, 1.82) is 0 Å². The van der Waals surface area contributed by atoms with Gasteiger partial charge in [-0.15, -0.1) is 0 Å². The molecule has 86 valence electrons. The number of hydrogen-bond donors (Lipinski definition) is 1. The lowest BCUT2D eigenvalue weighted by molar-refractivity contribution is -0.132. The summed E-state index contributed by atoms with van der Waals surface area (Å²) in [6.07, 6.45) is 8.39. The van der Waals surface area contributed by atoms with E-state index in [0.29, 0.717) is 5.57 Å². The Hall–Kier alpha value is -1.25. The molecule has 3 heteroatoms. The van der Waals surface area contributed by atoms with Crippen molar-refractivity contribution in [2.45, 2.75) is 39.0 Å². The summed E-state index contributed by atoms with van der Waals surface area (Å²) in [7, 11) is 0. The summed E-state index contributed by atoms with van der Waals surface area (Å²) < 4.78 is 4.98. The molecular weight excluding hydrogens is 192 g/mol. The first-order chi connectivity index (χ1) is 7.18. The van der Waals surface area contributed by atoms with Gasteiger partial charge in [0.1, 0.15) is 0 Å². The van der Waals surface area contributed by atoms with Crippen LogP contribution >= 0.6 is 0 Å². The van der Waals surface area contributed by atoms with Crippen molar-refractivity contribution < 1.29 is 14.6 Å². The van der Waals surface area contributed by atoms with Crippen molar-refractivity contribution in [3.63, 3.8) is 0 Å². The number of unbranched alkanes of at least 4 members (excludes halogenated alkanes) is 4. The highest BCUT2D eigenvalue weighted by Gasteiger charge is 1.97. The Morgan fingerprint density at radius 3 is 2.60 bits per heavy atom. The highest BCUT2D eigenvalue weighted by molar-refractivity contribution is 5.85. The Labute approximate surface area is 91.4 Å². The van der Waals surface area contributed by atoms with Gasteiger partial charge >= 0.3 is 5.97 Å². The van der Waals surface area contributed by atoms with Crippen molar-refractivity contribution >= 4 is 5.97 Å². The van der Waals surface area contributed by atoms with Gasteiger partial charge in [-0.3, -0.25) is 0 Å². The van der Waals surface area contributed by atoms with Crippen LogP contribution in [-0.4, -0.2) is 17.7 Å². The molecule has 0 saturated carbocycles. The molecule has 1 N–H and O–H groups in total. The van der Waals surface area contributed by atoms with E-state index in [1.54, 1.807) is 13.0 Å². The first kappa shape index (κ1) is 13.8. The minimum Gasteiger partial charge on any atom is -0.502 e. The molecule has 0 aliphatic rings. The van der Waals surface area contributed by atoms with E-state index in [9.17, 15) is 4.79 Å². The third-order valence-electron chi connectivity index (χ3n) is 2.12. The molecule has 0 aromatic heterocycles. The molecule has 0 rings (SSSR count). The molecule has 0 aromatic carbocycles. The summed E-state index contributed by atoms with van der Waals surface area (Å²) in [5.41, 5.74) is 0.435. The van der Waals surface area contributed by atoms with Crippen molar-refractivity contribution in [3.05, 3.63) is 24.5 Å². The highest BCUT2D eigenvalue weighted by Crippen LogP contribution is 2.06. The summed E-state index contributed by atoms with van der Waals surface area (Å²) in [4.78, 5) is 10.4. The van der Waals surface area contributed by atoms with E-state index in [0.717, 1.165) is 38.7 Å². The smallest absolute Gasteiger partial charge is 0.330 e. The molecule has 0 fully saturated rings. The average Bonchev–Trinajstić information content (AvgIpc) is 2.21. The first-order valence-corrected chi connectivity index (χ1v) is 5.31. The molecule has 0 aromatic rings. The normalized spacial score (nSPS) is 11.1. The van der Waals surface area contributed by atoms with Crippen LogP contribution in [0.15, 0.2) is 24.5 Å². The number of carbonyl (C=O) groups is 1. The lowest BCUT2D eigenvalue weighted by atomic mass is 10.1. The van der Waals surface area contributed by atoms with Gasteiger partial charge in [-0.25, -0.2) is 4.79 Å². The molecule has 0 aliphatic carbocycles. The van der Waals surface area contributed by atoms with Gasteiger partial charge in [0.25, 0.3) is 0 Å². The minimum atomic E-state index is -0.825. The zero-order chi connectivity index (χ0) is 11.5. The van der Waals surface area contributed by atoms with E-state index < -0.39 is 5.97 Å². The lowest BCUT2D eigenvalue weighted by Crippen LogP contribution is -1.95. The predicted molar refractivity (Wildman–Crippen MR) is 60.6 cm³/mol. The van der Waals surface area contributed by atoms with Gasteiger partial charge in [-0.2, -0.15) is 0 Å². The number of aliphatic carboxylic acids is 1. The fourth-order valence-corrected chi connectivity index (χ4v) is 1.17. The molecule has 0 radical (unpaired) electrons. The zero-order valence-electron chi connectivity index (χ0n) is 9.37. The van der Waals surface area contributed by atoms with Crippen LogP contribution in [-0.2, 0) is 9.53 Å². The quantitative estimate of drug-likeness (QED) is 0.363. The first-order valence-electron chi connectivity index (χ1n) is 5.31. The number of carboxylic acid groups (broad SMARTS) is 1. The number of ether oxygens (including phenoxy) is 1. The number of carboxylic acids is 1. The second-order valence-corrected chi connectivity index (χ2v) is 3.43. The number of hydrogen-bond acceptors (Lipinski definition) is 2. The predicted octanol–water partition coefficient (Wildman–Crippen LogP) is 3.13. The van der Waals surface area contributed by atoms with E-state index in [1.807, 2.05) is 0 Å². The second-order valence-electron chi connectivity index (χ2n) is 3.43. The lowest BCUT2D eigenvalue weighted by Gasteiger charge is -2.00. The summed E-state index contributed by atoms with van der Waals surface area (Å²) >= 11 is 0. The Morgan fingerprint density at radius 1 is 1.33 bits per heavy atom. The van der Waals surface area contributed by atoms with Crippen LogP contribution in [0.3, 0.4) is 0 Å². The maximum Gasteiger partial charge on any atom is 0.330 e. The molecule has 0 bridgehead atoms. The van der Waals surface area contributed by atoms with Gasteiger partial charge < -0.3 is 9.84 Å². The van der Waals surface area contributed by atoms with Gasteiger partial charge in [0.05, 0.1) is 12.9 Å². The molecule has 0 heterocycles. The van der Waals surface area contributed by atoms with Gasteiger partial charge in [-0.1, -0.05) is 25.5 Å². The third-order valence-corrected chi connectivity index (χ3v) is 2.12. The van der Waals surface area contributed by atoms with Crippen LogP contribution in [0.2, 0.25) is 0 Å². The maximum absolute atomic E-state index is 10.4. The van der Waals surface area contributed by atoms with Crippen LogP contribution < -0.4 is 0 Å². The fraction of sp³-hybridized carbons (Fsp3) is 0.583. The Kier molecular flexibility index (Phi) is 8.53. The van der Waals surface area contributed by atoms with E-state index in [4.69, 9.17) is 9.84 Å². The van der Waals surface area contributed by atoms with Crippen LogP contribution in [0.5, 0.6) is 0 Å². The van der Waals surface area contributed by atoms with Crippen molar-refractivity contribution in [2.24, 2.45) is 0 Å². The van der Waals surface area contributed by atoms with Crippen LogP contribution in [0.1, 0.15) is 39.0 Å². The summed E-state index contributed by atoms with van der Waals surface area (Å²) in [5.74, 6) is -0.825. The standard InChI is InChI=1S/C12H20O3/c1-3-15-10-8-6-4-5-7-9-11(2)12(13)14/h3,9H,1,4-8,10H2,2H3,(H,13,14). The van der Waals surface area contributed by atoms with E-state index in [2.05, 4.69) is 6.58 Å². The largest absolute Gasteiger partial charge is 0.502 e. The Morgan fingerprint density at radius 2 is 2.00 bits per heavy atom. The summed E-state index contributed by atoms with van der Waals surface area (Å²) in [6.45, 7) is 5.81. The highest BCUT2D eigenvalue weighted by atomic mass is 16.5. The van der Waals surface area contributed by atoms with Gasteiger partial charge in [0.2, 0.25) is 0 Å². The van der Waals surface area contributed by atoms with Gasteiger partial charge in [0, 0.05) is 5.57 Å². The van der Waals surface area contributed by atoms with Gasteiger partial charge in [0.15, 0.2) is 0 Å². The molecule has 0 saturated heterocycles. The summed E-state index contributed by atoms with van der Waals surface area (Å²) in [6, 6.07) is 0. The maximum atomic E-state index is 10.4. The topological polar surface area (TPSA) is 46.5 Å². The van der Waals surface area contributed by atoms with E-state index in [-0.39, 0.29) is 0 Å². The fourth-order valence-electron chi connectivity index (χ4n) is 1.17. The SMILES string of the molecule is C=COCCCCCCC=C(C)C(=O)O. The van der Waals surface area contributed by atoms with E-state index >= 15 is 0 Å². The molecule has 3 nitrogen and oxygen atoms in total. The average molecular weight is 212 g/mol. The van der Waals surface area contributed by atoms with Crippen molar-refractivity contribution in [1.82, 2.24) is 0 Å². The molecular formula is C12H20O3. The van der Waals surface area contributed by atoms with Crippen LogP contribution in [0, 0.1) is 0 Å². The van der Waals surface area contributed by atoms with Crippen LogP contribution in [0.4, 0.5) is 0 Å². The molecule has 0 unspecified atom stereocenters. The Balaban J connectivity index is 3.28. The molecule has 15 heavy (non-hydrogen) atoms. The number of allylic oxidation sites excluding steroid dienone is 1. The molecule has 0 atom stereocenters. The van der Waals surface area contributed by atoms with Crippen molar-refractivity contribution in [3.8, 4) is 0 Å². The molecule has 0 spiro atoms. The van der Waals surface area contributed by atoms with Crippen molar-refractivity contribution in [2.75, 3.05) is 6.61 Å². The second kappa shape index (κ2) is 9.31. The van der Waals surface area contributed by atoms with Gasteiger partial charge in [-0.05, 0) is 26.2 Å². The monoisotopic (exact) mass is 212 g/mol. The van der Waals surface area contributed by atoms with Crippen LogP contribution in [0.25, 0.3) is 0 Å². The molecule has 0 amide bonds. The third kappa shape index (κ3) is 9.06. The molecule has 0 aliphatic heterocycles.